The SMILES string of the molecule is O=C(Nc1cnnc(Cl)c1)c1cc(Cl)c(Cl)cc1F. The van der Waals surface area contributed by atoms with Crippen LogP contribution in [0.4, 0.5) is 10.1 Å². The summed E-state index contributed by atoms with van der Waals surface area (Å²) >= 11 is 17.0. The summed E-state index contributed by atoms with van der Waals surface area (Å²) in [5.74, 6) is -1.47. The Morgan fingerprint density at radius 1 is 1.16 bits per heavy atom. The molecule has 0 aliphatic carbocycles. The minimum absolute atomic E-state index is 0.0318. The minimum atomic E-state index is -0.778. The highest BCUT2D eigenvalue weighted by Crippen LogP contribution is 2.25. The Bertz CT molecular complexity index is 651. The first-order chi connectivity index (χ1) is 8.97. The van der Waals surface area contributed by atoms with Crippen molar-refractivity contribution in [1.29, 1.82) is 0 Å². The molecule has 0 saturated carbocycles. The number of nitrogens with one attached hydrogen (secondary N) is 1. The number of rotatable bonds is 2. The molecule has 0 aliphatic heterocycles. The third-order valence-corrected chi connectivity index (χ3v) is 3.04. The van der Waals surface area contributed by atoms with Gasteiger partial charge in [-0.2, -0.15) is 5.10 Å². The molecule has 1 amide bonds. The fourth-order valence-corrected chi connectivity index (χ4v) is 1.78. The summed E-state index contributed by atoms with van der Waals surface area (Å²) in [6, 6.07) is 3.49. The highest BCUT2D eigenvalue weighted by Gasteiger charge is 2.15. The molecule has 2 aromatic rings. The lowest BCUT2D eigenvalue weighted by atomic mass is 10.2. The number of carbonyl (C=O) groups is 1. The van der Waals surface area contributed by atoms with E-state index in [-0.39, 0.29) is 26.4 Å². The van der Waals surface area contributed by atoms with Crippen LogP contribution in [0.1, 0.15) is 10.4 Å². The van der Waals surface area contributed by atoms with E-state index in [1.54, 1.807) is 0 Å². The predicted octanol–water partition coefficient (Wildman–Crippen LogP) is 3.83. The third-order valence-electron chi connectivity index (χ3n) is 2.14. The van der Waals surface area contributed by atoms with Crippen molar-refractivity contribution in [2.24, 2.45) is 0 Å². The molecule has 0 saturated heterocycles. The zero-order valence-corrected chi connectivity index (χ0v) is 11.4. The van der Waals surface area contributed by atoms with E-state index in [9.17, 15) is 9.18 Å². The Morgan fingerprint density at radius 3 is 2.53 bits per heavy atom. The molecule has 0 atom stereocenters. The van der Waals surface area contributed by atoms with Crippen molar-refractivity contribution in [3.8, 4) is 0 Å². The maximum atomic E-state index is 13.6. The van der Waals surface area contributed by atoms with Gasteiger partial charge in [0.1, 0.15) is 5.82 Å². The van der Waals surface area contributed by atoms with Gasteiger partial charge in [-0.15, -0.1) is 5.10 Å². The van der Waals surface area contributed by atoms with Gasteiger partial charge in [0, 0.05) is 6.07 Å². The molecule has 19 heavy (non-hydrogen) atoms. The number of benzene rings is 1. The molecule has 2 rings (SSSR count). The number of amides is 1. The molecule has 1 N–H and O–H groups in total. The summed E-state index contributed by atoms with van der Waals surface area (Å²) in [7, 11) is 0. The van der Waals surface area contributed by atoms with E-state index in [4.69, 9.17) is 34.8 Å². The lowest BCUT2D eigenvalue weighted by molar-refractivity contribution is 0.102. The van der Waals surface area contributed by atoms with Crippen LogP contribution in [0.25, 0.3) is 0 Å². The first kappa shape index (κ1) is 14.0. The van der Waals surface area contributed by atoms with Crippen molar-refractivity contribution in [2.75, 3.05) is 5.32 Å². The lowest BCUT2D eigenvalue weighted by Crippen LogP contribution is -2.14. The van der Waals surface area contributed by atoms with Crippen LogP contribution in [0.3, 0.4) is 0 Å². The molecule has 0 aliphatic rings. The summed E-state index contributed by atoms with van der Waals surface area (Å²) in [5, 5.41) is 9.70. The quantitative estimate of drug-likeness (QED) is 0.856. The van der Waals surface area contributed by atoms with E-state index in [2.05, 4.69) is 15.5 Å². The summed E-state index contributed by atoms with van der Waals surface area (Å²) < 4.78 is 13.6. The van der Waals surface area contributed by atoms with E-state index >= 15 is 0 Å². The Hall–Kier alpha value is -1.43. The van der Waals surface area contributed by atoms with Gasteiger partial charge in [-0.3, -0.25) is 4.79 Å². The van der Waals surface area contributed by atoms with Crippen LogP contribution < -0.4 is 5.32 Å². The van der Waals surface area contributed by atoms with Crippen LogP contribution in [0.15, 0.2) is 24.4 Å². The van der Waals surface area contributed by atoms with Crippen LogP contribution in [0, 0.1) is 5.82 Å². The molecule has 98 valence electrons. The van der Waals surface area contributed by atoms with E-state index in [1.807, 2.05) is 0 Å². The zero-order chi connectivity index (χ0) is 14.0. The van der Waals surface area contributed by atoms with Gasteiger partial charge >= 0.3 is 0 Å². The molecule has 1 aromatic carbocycles. The highest BCUT2D eigenvalue weighted by atomic mass is 35.5. The molecule has 0 unspecified atom stereocenters. The smallest absolute Gasteiger partial charge is 0.258 e. The number of anilines is 1. The van der Waals surface area contributed by atoms with Crippen LogP contribution in [0.5, 0.6) is 0 Å². The van der Waals surface area contributed by atoms with Crippen molar-refractivity contribution in [3.63, 3.8) is 0 Å². The highest BCUT2D eigenvalue weighted by molar-refractivity contribution is 6.42. The average Bonchev–Trinajstić information content (AvgIpc) is 2.33. The Kier molecular flexibility index (Phi) is 4.19. The summed E-state index contributed by atoms with van der Waals surface area (Å²) in [4.78, 5) is 11.9. The molecule has 1 aromatic heterocycles. The fourth-order valence-electron chi connectivity index (χ4n) is 1.30. The van der Waals surface area contributed by atoms with Gasteiger partial charge in [0.2, 0.25) is 0 Å². The molecule has 0 spiro atoms. The van der Waals surface area contributed by atoms with Crippen molar-refractivity contribution >= 4 is 46.4 Å². The maximum Gasteiger partial charge on any atom is 0.258 e. The van der Waals surface area contributed by atoms with Gasteiger partial charge in [0.15, 0.2) is 5.15 Å². The van der Waals surface area contributed by atoms with Crippen LogP contribution >= 0.6 is 34.8 Å². The van der Waals surface area contributed by atoms with Gasteiger partial charge in [0.05, 0.1) is 27.5 Å². The summed E-state index contributed by atoms with van der Waals surface area (Å²) in [6.07, 6.45) is 1.28. The zero-order valence-electron chi connectivity index (χ0n) is 9.12. The minimum Gasteiger partial charge on any atom is -0.320 e. The molecular weight excluding hydrogens is 315 g/mol. The number of hydrogen-bond acceptors (Lipinski definition) is 3. The van der Waals surface area contributed by atoms with E-state index in [1.165, 1.54) is 12.3 Å². The van der Waals surface area contributed by atoms with Crippen molar-refractivity contribution in [2.45, 2.75) is 0 Å². The van der Waals surface area contributed by atoms with E-state index < -0.39 is 11.7 Å². The lowest BCUT2D eigenvalue weighted by Gasteiger charge is -2.07. The monoisotopic (exact) mass is 319 g/mol. The molecule has 4 nitrogen and oxygen atoms in total. The normalized spacial score (nSPS) is 10.3. The maximum absolute atomic E-state index is 13.6. The van der Waals surface area contributed by atoms with Gasteiger partial charge < -0.3 is 5.32 Å². The van der Waals surface area contributed by atoms with Crippen molar-refractivity contribution < 1.29 is 9.18 Å². The number of halogens is 4. The topological polar surface area (TPSA) is 54.9 Å². The number of aromatic nitrogens is 2. The summed E-state index contributed by atoms with van der Waals surface area (Å²) in [6.45, 7) is 0. The van der Waals surface area contributed by atoms with E-state index in [0.717, 1.165) is 12.1 Å². The molecule has 0 bridgehead atoms. The van der Waals surface area contributed by atoms with Crippen LogP contribution in [-0.4, -0.2) is 16.1 Å². The second kappa shape index (κ2) is 5.69. The second-order valence-electron chi connectivity index (χ2n) is 3.47. The molecule has 0 fully saturated rings. The molecular formula is C11H5Cl3FN3O. The average molecular weight is 321 g/mol. The first-order valence-corrected chi connectivity index (χ1v) is 6.05. The molecule has 8 heteroatoms. The molecule has 0 radical (unpaired) electrons. The number of hydrogen-bond donors (Lipinski definition) is 1. The second-order valence-corrected chi connectivity index (χ2v) is 4.67. The predicted molar refractivity (Wildman–Crippen MR) is 71.4 cm³/mol. The Balaban J connectivity index is 2.28. The van der Waals surface area contributed by atoms with Gasteiger partial charge in [0.25, 0.3) is 5.91 Å². The first-order valence-electron chi connectivity index (χ1n) is 4.91. The van der Waals surface area contributed by atoms with Crippen molar-refractivity contribution in [1.82, 2.24) is 10.2 Å². The Morgan fingerprint density at radius 2 is 1.84 bits per heavy atom. The number of nitrogens with zero attached hydrogens (tertiary/aromatic N) is 2. The molecule has 1 heterocycles. The summed E-state index contributed by atoms with van der Waals surface area (Å²) in [5.41, 5.74) is 0.0535. The van der Waals surface area contributed by atoms with Crippen LogP contribution in [-0.2, 0) is 0 Å². The Labute approximate surface area is 122 Å². The van der Waals surface area contributed by atoms with Gasteiger partial charge in [-0.25, -0.2) is 4.39 Å². The third kappa shape index (κ3) is 3.32. The van der Waals surface area contributed by atoms with Crippen LogP contribution in [0.2, 0.25) is 15.2 Å². The van der Waals surface area contributed by atoms with E-state index in [0.29, 0.717) is 0 Å². The largest absolute Gasteiger partial charge is 0.320 e. The fraction of sp³-hybridized carbons (Fsp3) is 0. The van der Waals surface area contributed by atoms with Crippen molar-refractivity contribution in [3.05, 3.63) is 51.0 Å². The number of carbonyl (C=O) groups excluding carboxylic acids is 1. The standard InChI is InChI=1S/C11H5Cl3FN3O/c12-7-2-6(9(15)3-8(7)13)11(19)17-5-1-10(14)18-16-4-5/h1-4H,(H,17,18,19). The van der Waals surface area contributed by atoms with Gasteiger partial charge in [-0.05, 0) is 12.1 Å². The van der Waals surface area contributed by atoms with Gasteiger partial charge in [-0.1, -0.05) is 34.8 Å².